The van der Waals surface area contributed by atoms with Crippen LogP contribution in [0.1, 0.15) is 40.2 Å². The molecule has 2 heterocycles. The van der Waals surface area contributed by atoms with E-state index in [0.717, 1.165) is 6.20 Å². The molecule has 0 amide bonds. The molecule has 6 heteroatoms. The monoisotopic (exact) mass is 281 g/mol. The van der Waals surface area contributed by atoms with Gasteiger partial charge in [0.2, 0.25) is 0 Å². The lowest BCUT2D eigenvalue weighted by atomic mass is 9.83. The first-order chi connectivity index (χ1) is 9.12. The topological polar surface area (TPSA) is 51.6 Å². The molecule has 0 aromatic carbocycles. The number of halogens is 1. The average molecular weight is 281 g/mol. The Morgan fingerprint density at radius 2 is 1.85 bits per heavy atom. The highest BCUT2D eigenvalue weighted by atomic mass is 19.1. The SMILES string of the molecule is CC(O)Cc1cc(B2OC(C)(C)C(C)(C)O2)ncc1F. The summed E-state index contributed by atoms with van der Waals surface area (Å²) in [4.78, 5) is 4.05. The molecule has 1 aromatic rings. The lowest BCUT2D eigenvalue weighted by Gasteiger charge is -2.32. The molecule has 110 valence electrons. The Kier molecular flexibility index (Phi) is 3.93. The molecule has 0 aliphatic carbocycles. The van der Waals surface area contributed by atoms with Crippen LogP contribution in [0.15, 0.2) is 12.3 Å². The van der Waals surface area contributed by atoms with Gasteiger partial charge in [0.25, 0.3) is 0 Å². The van der Waals surface area contributed by atoms with E-state index in [9.17, 15) is 9.50 Å². The second-order valence-electron chi connectivity index (χ2n) is 6.34. The minimum absolute atomic E-state index is 0.237. The van der Waals surface area contributed by atoms with Gasteiger partial charge in [-0.2, -0.15) is 0 Å². The van der Waals surface area contributed by atoms with Gasteiger partial charge in [0.1, 0.15) is 5.82 Å². The standard InChI is InChI=1S/C14H21BFNO3/c1-9(18)6-10-7-12(17-8-11(10)16)15-19-13(2,3)14(4,5)20-15/h7-9,18H,6H2,1-5H3. The summed E-state index contributed by atoms with van der Waals surface area (Å²) in [5, 5.41) is 9.40. The Morgan fingerprint density at radius 1 is 1.30 bits per heavy atom. The highest BCUT2D eigenvalue weighted by Gasteiger charge is 2.52. The van der Waals surface area contributed by atoms with E-state index < -0.39 is 30.2 Å². The second kappa shape index (κ2) is 5.09. The van der Waals surface area contributed by atoms with E-state index in [4.69, 9.17) is 9.31 Å². The maximum Gasteiger partial charge on any atom is 0.514 e. The molecule has 1 aromatic heterocycles. The van der Waals surface area contributed by atoms with Crippen LogP contribution in [0.2, 0.25) is 0 Å². The van der Waals surface area contributed by atoms with Crippen molar-refractivity contribution in [2.24, 2.45) is 0 Å². The van der Waals surface area contributed by atoms with Gasteiger partial charge in [-0.3, -0.25) is 4.98 Å². The summed E-state index contributed by atoms with van der Waals surface area (Å²) in [6.45, 7) is 9.43. The molecule has 0 bridgehead atoms. The highest BCUT2D eigenvalue weighted by molar-refractivity contribution is 6.61. The van der Waals surface area contributed by atoms with E-state index in [-0.39, 0.29) is 6.42 Å². The second-order valence-corrected chi connectivity index (χ2v) is 6.34. The molecule has 20 heavy (non-hydrogen) atoms. The largest absolute Gasteiger partial charge is 0.514 e. The summed E-state index contributed by atoms with van der Waals surface area (Å²) in [5.74, 6) is -0.425. The summed E-state index contributed by atoms with van der Waals surface area (Å²) >= 11 is 0. The van der Waals surface area contributed by atoms with Gasteiger partial charge in [0, 0.05) is 6.42 Å². The predicted molar refractivity (Wildman–Crippen MR) is 75.3 cm³/mol. The van der Waals surface area contributed by atoms with E-state index >= 15 is 0 Å². The van der Waals surface area contributed by atoms with Crippen molar-refractivity contribution >= 4 is 12.7 Å². The van der Waals surface area contributed by atoms with Crippen molar-refractivity contribution in [3.05, 3.63) is 23.6 Å². The van der Waals surface area contributed by atoms with Crippen LogP contribution in [0.25, 0.3) is 0 Å². The van der Waals surface area contributed by atoms with Crippen molar-refractivity contribution in [2.75, 3.05) is 0 Å². The zero-order valence-electron chi connectivity index (χ0n) is 12.6. The third-order valence-electron chi connectivity index (χ3n) is 3.97. The first-order valence-electron chi connectivity index (χ1n) is 6.80. The molecule has 1 unspecified atom stereocenters. The average Bonchev–Trinajstić information content (AvgIpc) is 2.50. The molecular weight excluding hydrogens is 260 g/mol. The molecule has 1 atom stereocenters. The van der Waals surface area contributed by atoms with E-state index in [1.165, 1.54) is 0 Å². The molecule has 0 saturated carbocycles. The van der Waals surface area contributed by atoms with Crippen molar-refractivity contribution < 1.29 is 18.8 Å². The smallest absolute Gasteiger partial charge is 0.398 e. The highest BCUT2D eigenvalue weighted by Crippen LogP contribution is 2.36. The van der Waals surface area contributed by atoms with Crippen LogP contribution in [-0.4, -0.2) is 34.5 Å². The minimum atomic E-state index is -0.617. The summed E-state index contributed by atoms with van der Waals surface area (Å²) in [6, 6.07) is 1.60. The molecule has 2 rings (SSSR count). The van der Waals surface area contributed by atoms with E-state index in [2.05, 4.69) is 4.98 Å². The lowest BCUT2D eigenvalue weighted by molar-refractivity contribution is 0.00578. The first kappa shape index (κ1) is 15.4. The van der Waals surface area contributed by atoms with E-state index in [0.29, 0.717) is 11.2 Å². The molecule has 1 aliphatic heterocycles. The fourth-order valence-corrected chi connectivity index (χ4v) is 2.07. The zero-order valence-corrected chi connectivity index (χ0v) is 12.6. The van der Waals surface area contributed by atoms with Crippen LogP contribution >= 0.6 is 0 Å². The minimum Gasteiger partial charge on any atom is -0.398 e. The Labute approximate surface area is 119 Å². The number of aliphatic hydroxyl groups excluding tert-OH is 1. The first-order valence-corrected chi connectivity index (χ1v) is 6.80. The Bertz CT molecular complexity index is 489. The number of pyridine rings is 1. The molecule has 1 N–H and O–H groups in total. The van der Waals surface area contributed by atoms with Crippen LogP contribution in [-0.2, 0) is 15.7 Å². The quantitative estimate of drug-likeness (QED) is 0.852. The summed E-state index contributed by atoms with van der Waals surface area (Å²) in [6.07, 6.45) is 0.775. The summed E-state index contributed by atoms with van der Waals surface area (Å²) < 4.78 is 25.4. The number of nitrogens with zero attached hydrogens (tertiary/aromatic N) is 1. The van der Waals surface area contributed by atoms with Crippen LogP contribution < -0.4 is 5.59 Å². The normalized spacial score (nSPS) is 22.1. The Morgan fingerprint density at radius 3 is 2.35 bits per heavy atom. The van der Waals surface area contributed by atoms with Crippen molar-refractivity contribution in [1.82, 2.24) is 4.98 Å². The lowest BCUT2D eigenvalue weighted by Crippen LogP contribution is -2.41. The maximum absolute atomic E-state index is 13.7. The van der Waals surface area contributed by atoms with Gasteiger partial charge in [0.05, 0.1) is 29.1 Å². The van der Waals surface area contributed by atoms with Gasteiger partial charge in [-0.1, -0.05) is 0 Å². The van der Waals surface area contributed by atoms with Gasteiger partial charge < -0.3 is 14.4 Å². The maximum atomic E-state index is 13.7. The summed E-state index contributed by atoms with van der Waals surface area (Å²) in [7, 11) is -0.617. The number of aliphatic hydroxyl groups is 1. The molecule has 0 spiro atoms. The van der Waals surface area contributed by atoms with Gasteiger partial charge in [-0.05, 0) is 46.2 Å². The van der Waals surface area contributed by atoms with Gasteiger partial charge in [-0.25, -0.2) is 4.39 Å². The predicted octanol–water partition coefficient (Wildman–Crippen LogP) is 1.44. The molecule has 0 radical (unpaired) electrons. The van der Waals surface area contributed by atoms with Crippen LogP contribution in [0.5, 0.6) is 0 Å². The molecular formula is C14H21BFNO3. The third-order valence-corrected chi connectivity index (χ3v) is 3.97. The molecule has 4 nitrogen and oxygen atoms in total. The fourth-order valence-electron chi connectivity index (χ4n) is 2.07. The number of hydrogen-bond donors (Lipinski definition) is 1. The summed E-state index contributed by atoms with van der Waals surface area (Å²) in [5.41, 5.74) is 0.0245. The number of hydrogen-bond acceptors (Lipinski definition) is 4. The van der Waals surface area contributed by atoms with Crippen LogP contribution in [0.4, 0.5) is 4.39 Å². The van der Waals surface area contributed by atoms with Crippen molar-refractivity contribution in [2.45, 2.75) is 58.3 Å². The van der Waals surface area contributed by atoms with Gasteiger partial charge >= 0.3 is 7.12 Å². The van der Waals surface area contributed by atoms with Crippen molar-refractivity contribution in [1.29, 1.82) is 0 Å². The van der Waals surface area contributed by atoms with Crippen molar-refractivity contribution in [3.63, 3.8) is 0 Å². The number of aromatic nitrogens is 1. The molecule has 1 saturated heterocycles. The Hall–Kier alpha value is -0.975. The van der Waals surface area contributed by atoms with Crippen LogP contribution in [0, 0.1) is 5.82 Å². The van der Waals surface area contributed by atoms with Crippen molar-refractivity contribution in [3.8, 4) is 0 Å². The molecule has 1 fully saturated rings. The number of rotatable bonds is 3. The van der Waals surface area contributed by atoms with E-state index in [1.54, 1.807) is 13.0 Å². The Balaban J connectivity index is 2.27. The molecule has 1 aliphatic rings. The van der Waals surface area contributed by atoms with Gasteiger partial charge in [0.15, 0.2) is 0 Å². The van der Waals surface area contributed by atoms with Gasteiger partial charge in [-0.15, -0.1) is 0 Å². The van der Waals surface area contributed by atoms with Crippen LogP contribution in [0.3, 0.4) is 0 Å². The third kappa shape index (κ3) is 2.87. The fraction of sp³-hybridized carbons (Fsp3) is 0.643. The zero-order chi connectivity index (χ0) is 15.1. The van der Waals surface area contributed by atoms with E-state index in [1.807, 2.05) is 27.7 Å².